The number of nitrogens with one attached hydrogen (secondary N) is 1. The number of fused-ring (bicyclic) bond motifs is 1. The minimum absolute atomic E-state index is 0.0359. The highest BCUT2D eigenvalue weighted by molar-refractivity contribution is 7.18. The van der Waals surface area contributed by atoms with Gasteiger partial charge in [-0.3, -0.25) is 4.79 Å². The lowest BCUT2D eigenvalue weighted by atomic mass is 10.0. The summed E-state index contributed by atoms with van der Waals surface area (Å²) >= 11 is 1.59. The number of carbonyl (C=O) groups excluding carboxylic acids is 1. The molecule has 1 fully saturated rings. The van der Waals surface area contributed by atoms with Crippen molar-refractivity contribution in [3.63, 3.8) is 0 Å². The van der Waals surface area contributed by atoms with Gasteiger partial charge in [-0.15, -0.1) is 11.3 Å². The summed E-state index contributed by atoms with van der Waals surface area (Å²) in [6.45, 7) is 4.39. The number of anilines is 2. The summed E-state index contributed by atoms with van der Waals surface area (Å²) in [7, 11) is 0. The second-order valence-electron chi connectivity index (χ2n) is 8.89. The average Bonchev–Trinajstić information content (AvgIpc) is 3.31. The lowest BCUT2D eigenvalue weighted by Gasteiger charge is -2.35. The van der Waals surface area contributed by atoms with Gasteiger partial charge in [-0.25, -0.2) is 4.98 Å². The number of aliphatic hydroxyl groups excluding tert-OH is 2. The summed E-state index contributed by atoms with van der Waals surface area (Å²) in [4.78, 5) is 28.6. The molecule has 9 heteroatoms. The van der Waals surface area contributed by atoms with E-state index in [9.17, 15) is 9.90 Å². The van der Waals surface area contributed by atoms with Crippen LogP contribution in [0.1, 0.15) is 15.2 Å². The van der Waals surface area contributed by atoms with Gasteiger partial charge in [0.1, 0.15) is 10.6 Å². The molecule has 2 aromatic carbocycles. The Morgan fingerprint density at radius 2 is 1.72 bits per heavy atom. The Kier molecular flexibility index (Phi) is 7.13. The van der Waals surface area contributed by atoms with E-state index >= 15 is 0 Å². The lowest BCUT2D eigenvalue weighted by molar-refractivity contribution is 0.0746. The van der Waals surface area contributed by atoms with Crippen LogP contribution in [-0.2, 0) is 0 Å². The third kappa shape index (κ3) is 5.18. The Hall–Kier alpha value is -3.53. The first kappa shape index (κ1) is 24.2. The fraction of sp³-hybridized carbons (Fsp3) is 0.296. The first-order chi connectivity index (χ1) is 17.5. The van der Waals surface area contributed by atoms with E-state index in [4.69, 9.17) is 10.1 Å². The summed E-state index contributed by atoms with van der Waals surface area (Å²) in [6.07, 6.45) is -0.880. The maximum absolute atomic E-state index is 13.2. The molecule has 5 rings (SSSR count). The molecule has 0 saturated carbocycles. The summed E-state index contributed by atoms with van der Waals surface area (Å²) in [5.74, 6) is 1.28. The number of benzene rings is 2. The molecule has 0 bridgehead atoms. The van der Waals surface area contributed by atoms with Crippen LogP contribution >= 0.6 is 11.3 Å². The van der Waals surface area contributed by atoms with Crippen molar-refractivity contribution in [2.24, 2.45) is 0 Å². The van der Waals surface area contributed by atoms with Gasteiger partial charge in [0, 0.05) is 43.2 Å². The standard InChI is InChI=1S/C27H29N5O3S/c1-18-15-23-24(29-27(30-25(23)36-18)28-16-22(34)17-33)31-11-13-32(14-12-31)26(35)21-9-7-20(8-10-21)19-5-3-2-4-6-19/h2-10,15,22,33-34H,11-14,16-17H2,1H3,(H,28,29,30)/t22-/m0/s1. The molecule has 3 heterocycles. The third-order valence-corrected chi connectivity index (χ3v) is 7.25. The summed E-state index contributed by atoms with van der Waals surface area (Å²) < 4.78 is 0. The highest BCUT2D eigenvalue weighted by Crippen LogP contribution is 2.32. The van der Waals surface area contributed by atoms with Crippen molar-refractivity contribution < 1.29 is 15.0 Å². The summed E-state index contributed by atoms with van der Waals surface area (Å²) in [5, 5.41) is 22.8. The van der Waals surface area contributed by atoms with Crippen molar-refractivity contribution in [1.82, 2.24) is 14.9 Å². The molecule has 0 spiro atoms. The summed E-state index contributed by atoms with van der Waals surface area (Å²) in [5.41, 5.74) is 2.91. The second-order valence-corrected chi connectivity index (χ2v) is 10.1. The molecule has 1 amide bonds. The average molecular weight is 504 g/mol. The van der Waals surface area contributed by atoms with Gasteiger partial charge in [0.05, 0.1) is 18.1 Å². The van der Waals surface area contributed by atoms with Crippen LogP contribution in [0.15, 0.2) is 60.7 Å². The number of aliphatic hydroxyl groups is 2. The quantitative estimate of drug-likeness (QED) is 0.355. The van der Waals surface area contributed by atoms with Crippen molar-refractivity contribution in [3.05, 3.63) is 71.1 Å². The predicted octanol–water partition coefficient (Wildman–Crippen LogP) is 3.39. The van der Waals surface area contributed by atoms with Gasteiger partial charge in [-0.05, 0) is 36.2 Å². The highest BCUT2D eigenvalue weighted by Gasteiger charge is 2.25. The van der Waals surface area contributed by atoms with Gasteiger partial charge in [-0.1, -0.05) is 42.5 Å². The number of piperazine rings is 1. The van der Waals surface area contributed by atoms with E-state index in [0.717, 1.165) is 32.0 Å². The van der Waals surface area contributed by atoms with Gasteiger partial charge in [0.2, 0.25) is 5.95 Å². The van der Waals surface area contributed by atoms with E-state index in [1.807, 2.05) is 54.3 Å². The van der Waals surface area contributed by atoms with Gasteiger partial charge in [0.25, 0.3) is 5.91 Å². The zero-order chi connectivity index (χ0) is 25.1. The number of nitrogens with zero attached hydrogens (tertiary/aromatic N) is 4. The van der Waals surface area contributed by atoms with Crippen LogP contribution < -0.4 is 10.2 Å². The zero-order valence-corrected chi connectivity index (χ0v) is 20.9. The molecule has 4 aromatic rings. The summed E-state index contributed by atoms with van der Waals surface area (Å²) in [6, 6.07) is 20.0. The van der Waals surface area contributed by atoms with Crippen molar-refractivity contribution >= 4 is 39.2 Å². The lowest BCUT2D eigenvalue weighted by Crippen LogP contribution is -2.49. The molecule has 0 aliphatic carbocycles. The topological polar surface area (TPSA) is 102 Å². The molecule has 8 nitrogen and oxygen atoms in total. The van der Waals surface area contributed by atoms with Gasteiger partial charge < -0.3 is 25.3 Å². The van der Waals surface area contributed by atoms with Crippen molar-refractivity contribution in [2.45, 2.75) is 13.0 Å². The number of amides is 1. The fourth-order valence-electron chi connectivity index (χ4n) is 4.36. The molecule has 1 atom stereocenters. The molecule has 1 aliphatic rings. The molecule has 0 unspecified atom stereocenters. The normalized spacial score (nSPS) is 14.8. The number of aryl methyl sites for hydroxylation is 1. The SMILES string of the molecule is Cc1cc2c(N3CCN(C(=O)c4ccc(-c5ccccc5)cc4)CC3)nc(NC[C@H](O)CO)nc2s1. The Labute approximate surface area is 213 Å². The predicted molar refractivity (Wildman–Crippen MR) is 144 cm³/mol. The van der Waals surface area contributed by atoms with Crippen LogP contribution in [0.4, 0.5) is 11.8 Å². The first-order valence-electron chi connectivity index (χ1n) is 12.0. The largest absolute Gasteiger partial charge is 0.394 e. The maximum atomic E-state index is 13.2. The minimum Gasteiger partial charge on any atom is -0.394 e. The molecular formula is C27H29N5O3S. The molecule has 3 N–H and O–H groups in total. The van der Waals surface area contributed by atoms with Gasteiger partial charge >= 0.3 is 0 Å². The molecule has 1 aliphatic heterocycles. The van der Waals surface area contributed by atoms with Crippen molar-refractivity contribution in [1.29, 1.82) is 0 Å². The number of aromatic nitrogens is 2. The molecule has 2 aromatic heterocycles. The van der Waals surface area contributed by atoms with E-state index in [0.29, 0.717) is 37.7 Å². The smallest absolute Gasteiger partial charge is 0.253 e. The Balaban J connectivity index is 1.28. The number of thiophene rings is 1. The van der Waals surface area contributed by atoms with E-state index in [2.05, 4.69) is 33.4 Å². The third-order valence-electron chi connectivity index (χ3n) is 6.31. The maximum Gasteiger partial charge on any atom is 0.253 e. The fourth-order valence-corrected chi connectivity index (χ4v) is 5.23. The molecule has 1 saturated heterocycles. The van der Waals surface area contributed by atoms with Crippen LogP contribution in [0, 0.1) is 6.92 Å². The number of hydrogen-bond donors (Lipinski definition) is 3. The van der Waals surface area contributed by atoms with E-state index in [-0.39, 0.29) is 19.1 Å². The number of rotatable bonds is 7. The monoisotopic (exact) mass is 503 g/mol. The zero-order valence-electron chi connectivity index (χ0n) is 20.1. The molecular weight excluding hydrogens is 474 g/mol. The van der Waals surface area contributed by atoms with Crippen LogP contribution in [-0.4, -0.2) is 76.4 Å². The van der Waals surface area contributed by atoms with Crippen LogP contribution in [0.25, 0.3) is 21.3 Å². The Bertz CT molecular complexity index is 1340. The number of carbonyl (C=O) groups is 1. The van der Waals surface area contributed by atoms with Crippen molar-refractivity contribution in [2.75, 3.05) is 49.5 Å². The molecule has 0 radical (unpaired) electrons. The van der Waals surface area contributed by atoms with E-state index in [1.54, 1.807) is 11.3 Å². The Morgan fingerprint density at radius 1 is 1.03 bits per heavy atom. The highest BCUT2D eigenvalue weighted by atomic mass is 32.1. The number of hydrogen-bond acceptors (Lipinski definition) is 8. The van der Waals surface area contributed by atoms with Crippen LogP contribution in [0.3, 0.4) is 0 Å². The minimum atomic E-state index is -0.880. The first-order valence-corrected chi connectivity index (χ1v) is 12.8. The Morgan fingerprint density at radius 3 is 2.42 bits per heavy atom. The van der Waals surface area contributed by atoms with Crippen LogP contribution in [0.5, 0.6) is 0 Å². The van der Waals surface area contributed by atoms with Gasteiger partial charge in [0.15, 0.2) is 0 Å². The molecule has 36 heavy (non-hydrogen) atoms. The second kappa shape index (κ2) is 10.6. The van der Waals surface area contributed by atoms with E-state index < -0.39 is 6.10 Å². The van der Waals surface area contributed by atoms with Crippen molar-refractivity contribution in [3.8, 4) is 11.1 Å². The molecule has 186 valence electrons. The van der Waals surface area contributed by atoms with E-state index in [1.165, 1.54) is 0 Å². The van der Waals surface area contributed by atoms with Crippen LogP contribution in [0.2, 0.25) is 0 Å². The van der Waals surface area contributed by atoms with Gasteiger partial charge in [-0.2, -0.15) is 4.98 Å².